The number of halogens is 3. The van der Waals surface area contributed by atoms with Gasteiger partial charge in [0.1, 0.15) is 5.15 Å². The van der Waals surface area contributed by atoms with Crippen LogP contribution in [-0.4, -0.2) is 37.4 Å². The molecule has 4 rings (SSSR count). The number of aromatic nitrogens is 4. The summed E-state index contributed by atoms with van der Waals surface area (Å²) in [5, 5.41) is 7.12. The molecule has 2 N–H and O–H groups in total. The van der Waals surface area contributed by atoms with Crippen LogP contribution >= 0.6 is 34.8 Å². The maximum atomic E-state index is 12.6. The molecule has 3 aromatic rings. The molecule has 0 bridgehead atoms. The summed E-state index contributed by atoms with van der Waals surface area (Å²) < 4.78 is 0. The summed E-state index contributed by atoms with van der Waals surface area (Å²) >= 11 is 17.7. The van der Waals surface area contributed by atoms with E-state index in [0.29, 0.717) is 53.0 Å². The molecule has 30 heavy (non-hydrogen) atoms. The van der Waals surface area contributed by atoms with Gasteiger partial charge in [-0.15, -0.1) is 0 Å². The molecule has 1 aromatic carbocycles. The number of rotatable bonds is 4. The van der Waals surface area contributed by atoms with Crippen molar-refractivity contribution in [3.05, 3.63) is 68.8 Å². The number of benzene rings is 1. The van der Waals surface area contributed by atoms with Gasteiger partial charge in [0.2, 0.25) is 5.95 Å². The normalized spacial score (nSPS) is 13.0. The number of hydrogen-bond donors (Lipinski definition) is 2. The topological polar surface area (TPSA) is 95.9 Å². The van der Waals surface area contributed by atoms with Gasteiger partial charge in [0.25, 0.3) is 0 Å². The van der Waals surface area contributed by atoms with Crippen molar-refractivity contribution >= 4 is 52.6 Å². The molecule has 0 saturated carbocycles. The van der Waals surface area contributed by atoms with Crippen LogP contribution in [0.3, 0.4) is 0 Å². The zero-order valence-electron chi connectivity index (χ0n) is 15.6. The van der Waals surface area contributed by atoms with Gasteiger partial charge >= 0.3 is 6.03 Å². The molecule has 0 fully saturated rings. The average molecular weight is 465 g/mol. The molecular weight excluding hydrogens is 449 g/mol. The van der Waals surface area contributed by atoms with Crippen molar-refractivity contribution in [2.24, 2.45) is 0 Å². The van der Waals surface area contributed by atoms with Crippen LogP contribution in [0.1, 0.15) is 16.8 Å². The lowest BCUT2D eigenvalue weighted by atomic mass is 10.1. The molecule has 0 radical (unpaired) electrons. The van der Waals surface area contributed by atoms with Gasteiger partial charge in [-0.3, -0.25) is 0 Å². The van der Waals surface area contributed by atoms with Crippen LogP contribution in [0.2, 0.25) is 15.2 Å². The smallest absolute Gasteiger partial charge is 0.318 e. The Bertz CT molecular complexity index is 1080. The first-order valence-electron chi connectivity index (χ1n) is 9.04. The van der Waals surface area contributed by atoms with Gasteiger partial charge in [-0.2, -0.15) is 0 Å². The van der Waals surface area contributed by atoms with E-state index in [-0.39, 0.29) is 6.03 Å². The van der Waals surface area contributed by atoms with E-state index in [2.05, 4.69) is 30.6 Å². The molecule has 0 spiro atoms. The van der Waals surface area contributed by atoms with E-state index < -0.39 is 0 Å². The maximum absolute atomic E-state index is 12.6. The van der Waals surface area contributed by atoms with E-state index >= 15 is 0 Å². The van der Waals surface area contributed by atoms with Crippen LogP contribution in [-0.2, 0) is 19.5 Å². The van der Waals surface area contributed by atoms with E-state index in [1.807, 2.05) is 6.07 Å². The standard InChI is InChI=1S/C19H16Cl3N7O/c20-13-2-1-11(5-14(13)21)6-26-19(30)29-4-3-12-7-25-18(27-15(12)10-29)28-17-9-23-16(22)8-24-17/h1-2,5,7-9H,3-4,6,10H2,(H,26,30)(H,24,25,27,28). The second-order valence-electron chi connectivity index (χ2n) is 6.59. The second kappa shape index (κ2) is 8.99. The molecule has 154 valence electrons. The number of anilines is 2. The van der Waals surface area contributed by atoms with Crippen LogP contribution in [0.5, 0.6) is 0 Å². The lowest BCUT2D eigenvalue weighted by Crippen LogP contribution is -2.42. The van der Waals surface area contributed by atoms with Gasteiger partial charge in [0.05, 0.1) is 34.7 Å². The largest absolute Gasteiger partial charge is 0.334 e. The predicted octanol–water partition coefficient (Wildman–Crippen LogP) is 4.24. The highest BCUT2D eigenvalue weighted by Gasteiger charge is 2.22. The van der Waals surface area contributed by atoms with Gasteiger partial charge in [-0.25, -0.2) is 24.7 Å². The van der Waals surface area contributed by atoms with E-state index in [1.54, 1.807) is 23.2 Å². The van der Waals surface area contributed by atoms with Crippen LogP contribution in [0, 0.1) is 0 Å². The van der Waals surface area contributed by atoms with Crippen molar-refractivity contribution in [1.82, 2.24) is 30.2 Å². The Hall–Kier alpha value is -2.68. The number of nitrogens with zero attached hydrogens (tertiary/aromatic N) is 5. The summed E-state index contributed by atoms with van der Waals surface area (Å²) in [4.78, 5) is 31.2. The lowest BCUT2D eigenvalue weighted by Gasteiger charge is -2.28. The fraction of sp³-hybridized carbons (Fsp3) is 0.211. The van der Waals surface area contributed by atoms with Crippen molar-refractivity contribution < 1.29 is 4.79 Å². The SMILES string of the molecule is O=C(NCc1ccc(Cl)c(Cl)c1)N1CCc2cnc(Nc3cnc(Cl)cn3)nc2C1. The number of fused-ring (bicyclic) bond motifs is 1. The third-order valence-electron chi connectivity index (χ3n) is 4.52. The quantitative estimate of drug-likeness (QED) is 0.599. The molecule has 2 aromatic heterocycles. The molecule has 0 unspecified atom stereocenters. The molecule has 0 aliphatic carbocycles. The monoisotopic (exact) mass is 463 g/mol. The summed E-state index contributed by atoms with van der Waals surface area (Å²) in [6.45, 7) is 1.32. The highest BCUT2D eigenvalue weighted by molar-refractivity contribution is 6.42. The van der Waals surface area contributed by atoms with E-state index in [9.17, 15) is 4.79 Å². The van der Waals surface area contributed by atoms with E-state index in [0.717, 1.165) is 16.8 Å². The van der Waals surface area contributed by atoms with E-state index in [4.69, 9.17) is 34.8 Å². The fourth-order valence-electron chi connectivity index (χ4n) is 2.97. The average Bonchev–Trinajstić information content (AvgIpc) is 2.75. The second-order valence-corrected chi connectivity index (χ2v) is 7.80. The number of amides is 2. The maximum Gasteiger partial charge on any atom is 0.318 e. The minimum atomic E-state index is -0.177. The predicted molar refractivity (Wildman–Crippen MR) is 115 cm³/mol. The molecule has 0 atom stereocenters. The minimum Gasteiger partial charge on any atom is -0.334 e. The Morgan fingerprint density at radius 1 is 1.07 bits per heavy atom. The van der Waals surface area contributed by atoms with Gasteiger partial charge in [-0.1, -0.05) is 40.9 Å². The van der Waals surface area contributed by atoms with Crippen molar-refractivity contribution in [1.29, 1.82) is 0 Å². The summed E-state index contributed by atoms with van der Waals surface area (Å²) in [6, 6.07) is 5.09. The number of carbonyl (C=O) groups excluding carboxylic acids is 1. The van der Waals surface area contributed by atoms with Crippen LogP contribution in [0.15, 0.2) is 36.8 Å². The van der Waals surface area contributed by atoms with Crippen molar-refractivity contribution in [2.45, 2.75) is 19.5 Å². The first kappa shape index (κ1) is 20.6. The first-order chi connectivity index (χ1) is 14.5. The summed E-state index contributed by atoms with van der Waals surface area (Å²) in [5.74, 6) is 0.856. The van der Waals surface area contributed by atoms with Crippen molar-refractivity contribution in [3.8, 4) is 0 Å². The Morgan fingerprint density at radius 2 is 1.93 bits per heavy atom. The molecule has 2 amide bonds. The number of nitrogens with one attached hydrogen (secondary N) is 2. The van der Waals surface area contributed by atoms with Gasteiger partial charge in [0.15, 0.2) is 5.82 Å². The lowest BCUT2D eigenvalue weighted by molar-refractivity contribution is 0.191. The Morgan fingerprint density at radius 3 is 2.70 bits per heavy atom. The van der Waals surface area contributed by atoms with Crippen LogP contribution in [0.25, 0.3) is 0 Å². The zero-order chi connectivity index (χ0) is 21.1. The highest BCUT2D eigenvalue weighted by Crippen LogP contribution is 2.23. The van der Waals surface area contributed by atoms with Gasteiger partial charge in [-0.05, 0) is 29.7 Å². The van der Waals surface area contributed by atoms with Crippen molar-refractivity contribution in [3.63, 3.8) is 0 Å². The molecule has 1 aliphatic rings. The summed E-state index contributed by atoms with van der Waals surface area (Å²) in [7, 11) is 0. The number of hydrogen-bond acceptors (Lipinski definition) is 6. The van der Waals surface area contributed by atoms with Gasteiger partial charge in [0, 0.05) is 19.3 Å². The minimum absolute atomic E-state index is 0.177. The number of urea groups is 1. The fourth-order valence-corrected chi connectivity index (χ4v) is 3.39. The summed E-state index contributed by atoms with van der Waals surface area (Å²) in [6.07, 6.45) is 5.37. The van der Waals surface area contributed by atoms with Gasteiger partial charge < -0.3 is 15.5 Å². The number of carbonyl (C=O) groups is 1. The first-order valence-corrected chi connectivity index (χ1v) is 10.2. The van der Waals surface area contributed by atoms with Crippen molar-refractivity contribution in [2.75, 3.05) is 11.9 Å². The van der Waals surface area contributed by atoms with E-state index in [1.165, 1.54) is 12.4 Å². The molecule has 11 heteroatoms. The third kappa shape index (κ3) is 4.89. The summed E-state index contributed by atoms with van der Waals surface area (Å²) in [5.41, 5.74) is 2.66. The molecule has 1 aliphatic heterocycles. The van der Waals surface area contributed by atoms with Crippen LogP contribution < -0.4 is 10.6 Å². The molecule has 8 nitrogen and oxygen atoms in total. The third-order valence-corrected chi connectivity index (χ3v) is 5.46. The molecular formula is C19H16Cl3N7O. The Kier molecular flexibility index (Phi) is 6.17. The Labute approximate surface area is 187 Å². The molecule has 3 heterocycles. The highest BCUT2D eigenvalue weighted by atomic mass is 35.5. The van der Waals surface area contributed by atoms with Crippen LogP contribution in [0.4, 0.5) is 16.6 Å². The zero-order valence-corrected chi connectivity index (χ0v) is 17.8. The molecule has 0 saturated heterocycles. The Balaban J connectivity index is 1.39.